The van der Waals surface area contributed by atoms with Gasteiger partial charge >= 0.3 is 0 Å². The first kappa shape index (κ1) is 10.1. The summed E-state index contributed by atoms with van der Waals surface area (Å²) < 4.78 is 14.5. The van der Waals surface area contributed by atoms with E-state index in [1.807, 2.05) is 0 Å². The van der Waals surface area contributed by atoms with Gasteiger partial charge < -0.3 is 0 Å². The lowest BCUT2D eigenvalue weighted by Crippen LogP contribution is -2.66. The molecular weight excluding hydrogens is 187 g/mol. The Hall–Kier alpha value is -0.0700. The van der Waals surface area contributed by atoms with Crippen LogP contribution in [0.1, 0.15) is 53.4 Å². The van der Waals surface area contributed by atoms with Crippen LogP contribution in [-0.2, 0) is 0 Å². The molecule has 0 spiro atoms. The minimum Gasteiger partial charge on any atom is -0.247 e. The topological polar surface area (TPSA) is 0 Å². The van der Waals surface area contributed by atoms with E-state index in [0.29, 0.717) is 11.3 Å². The summed E-state index contributed by atoms with van der Waals surface area (Å²) >= 11 is 0. The fraction of sp³-hybridized carbons (Fsp3) is 1.00. The van der Waals surface area contributed by atoms with Gasteiger partial charge in [-0.05, 0) is 48.3 Å². The van der Waals surface area contributed by atoms with E-state index >= 15 is 0 Å². The Morgan fingerprint density at radius 2 is 1.67 bits per heavy atom. The predicted molar refractivity (Wildman–Crippen MR) is 60.3 cm³/mol. The van der Waals surface area contributed by atoms with Crippen LogP contribution in [-0.4, -0.2) is 6.17 Å². The van der Waals surface area contributed by atoms with Crippen molar-refractivity contribution in [3.8, 4) is 0 Å². The summed E-state index contributed by atoms with van der Waals surface area (Å²) in [6, 6.07) is 0. The Kier molecular flexibility index (Phi) is 1.64. The first-order chi connectivity index (χ1) is 6.80. The van der Waals surface area contributed by atoms with E-state index in [9.17, 15) is 4.39 Å². The Bertz CT molecular complexity index is 308. The second-order valence-corrected chi connectivity index (χ2v) is 7.48. The highest BCUT2D eigenvalue weighted by Gasteiger charge is 2.68. The zero-order valence-corrected chi connectivity index (χ0v) is 10.4. The molecule has 4 fully saturated rings. The first-order valence-electron chi connectivity index (χ1n) is 6.44. The van der Waals surface area contributed by atoms with Crippen LogP contribution in [0, 0.1) is 28.1 Å². The van der Waals surface area contributed by atoms with E-state index in [2.05, 4.69) is 27.7 Å². The molecule has 0 aromatic carbocycles. The normalized spacial score (nSPS) is 61.0. The fourth-order valence-corrected chi connectivity index (χ4v) is 5.30. The second kappa shape index (κ2) is 2.43. The van der Waals surface area contributed by atoms with E-state index in [1.54, 1.807) is 0 Å². The van der Waals surface area contributed by atoms with Crippen molar-refractivity contribution in [1.82, 2.24) is 0 Å². The molecule has 0 aliphatic heterocycles. The summed E-state index contributed by atoms with van der Waals surface area (Å²) in [7, 11) is 0. The third-order valence-electron chi connectivity index (χ3n) is 6.76. The standard InChI is InChI=1S/C14H23F/c1-12(2)13(3)6-9-5-10(8-13)11(15)14(12,4)7-9/h9-11H,5-8H2,1-4H3. The van der Waals surface area contributed by atoms with Crippen LogP contribution < -0.4 is 0 Å². The summed E-state index contributed by atoms with van der Waals surface area (Å²) in [5.41, 5.74) is 0.523. The number of hydrogen-bond donors (Lipinski definition) is 0. The van der Waals surface area contributed by atoms with Crippen molar-refractivity contribution in [3.63, 3.8) is 0 Å². The lowest BCUT2D eigenvalue weighted by atomic mass is 9.34. The summed E-state index contributed by atoms with van der Waals surface area (Å²) in [6.45, 7) is 9.26. The van der Waals surface area contributed by atoms with E-state index < -0.39 is 6.17 Å². The maximum absolute atomic E-state index is 14.5. The van der Waals surface area contributed by atoms with Gasteiger partial charge in [0.05, 0.1) is 0 Å². The Labute approximate surface area is 92.6 Å². The Morgan fingerprint density at radius 1 is 1.00 bits per heavy atom. The van der Waals surface area contributed by atoms with Gasteiger partial charge in [-0.2, -0.15) is 0 Å². The highest BCUT2D eigenvalue weighted by atomic mass is 19.1. The number of rotatable bonds is 0. The quantitative estimate of drug-likeness (QED) is 0.562. The molecule has 86 valence electrons. The van der Waals surface area contributed by atoms with Gasteiger partial charge in [0, 0.05) is 5.41 Å². The van der Waals surface area contributed by atoms with Gasteiger partial charge in [0.2, 0.25) is 0 Å². The van der Waals surface area contributed by atoms with Crippen molar-refractivity contribution in [2.45, 2.75) is 59.5 Å². The Balaban J connectivity index is 2.13. The lowest BCUT2D eigenvalue weighted by molar-refractivity contribution is -0.240. The molecule has 0 saturated heterocycles. The molecule has 4 saturated carbocycles. The molecule has 4 bridgehead atoms. The smallest absolute Gasteiger partial charge is 0.109 e. The van der Waals surface area contributed by atoms with Gasteiger partial charge in [0.1, 0.15) is 6.17 Å². The van der Waals surface area contributed by atoms with Gasteiger partial charge in [-0.15, -0.1) is 0 Å². The first-order valence-corrected chi connectivity index (χ1v) is 6.44. The van der Waals surface area contributed by atoms with Crippen LogP contribution in [0.3, 0.4) is 0 Å². The van der Waals surface area contributed by atoms with Gasteiger partial charge in [0.25, 0.3) is 0 Å². The number of alkyl halides is 1. The molecule has 15 heavy (non-hydrogen) atoms. The minimum absolute atomic E-state index is 0.0498. The maximum atomic E-state index is 14.5. The van der Waals surface area contributed by atoms with Gasteiger partial charge in [-0.3, -0.25) is 0 Å². The van der Waals surface area contributed by atoms with E-state index in [1.165, 1.54) is 12.8 Å². The zero-order valence-electron chi connectivity index (χ0n) is 10.4. The second-order valence-electron chi connectivity index (χ2n) is 7.48. The molecule has 0 radical (unpaired) electrons. The molecule has 0 nitrogen and oxygen atoms in total. The van der Waals surface area contributed by atoms with Gasteiger partial charge in [-0.1, -0.05) is 27.7 Å². The molecule has 0 aromatic rings. The molecule has 1 heteroatoms. The number of hydrogen-bond acceptors (Lipinski definition) is 0. The van der Waals surface area contributed by atoms with E-state index in [-0.39, 0.29) is 10.8 Å². The average molecular weight is 210 g/mol. The minimum atomic E-state index is -0.544. The van der Waals surface area contributed by atoms with Crippen molar-refractivity contribution < 1.29 is 4.39 Å². The van der Waals surface area contributed by atoms with Crippen LogP contribution in [0.2, 0.25) is 0 Å². The molecule has 5 atom stereocenters. The molecule has 0 amide bonds. The SMILES string of the molecule is CC12CC3CC(C1)C(F)C(C)(C3)C2(C)C. The van der Waals surface area contributed by atoms with E-state index in [0.717, 1.165) is 18.8 Å². The molecule has 0 heterocycles. The third-order valence-corrected chi connectivity index (χ3v) is 6.76. The maximum Gasteiger partial charge on any atom is 0.109 e. The summed E-state index contributed by atoms with van der Waals surface area (Å²) in [5.74, 6) is 1.19. The van der Waals surface area contributed by atoms with Crippen LogP contribution in [0.4, 0.5) is 4.39 Å². The predicted octanol–water partition coefficient (Wildman–Crippen LogP) is 4.20. The Morgan fingerprint density at radius 3 is 2.33 bits per heavy atom. The van der Waals surface area contributed by atoms with Gasteiger partial charge in [-0.25, -0.2) is 4.39 Å². The largest absolute Gasteiger partial charge is 0.247 e. The fourth-order valence-electron chi connectivity index (χ4n) is 5.30. The third kappa shape index (κ3) is 0.900. The van der Waals surface area contributed by atoms with Crippen LogP contribution in [0.15, 0.2) is 0 Å². The molecule has 5 unspecified atom stereocenters. The van der Waals surface area contributed by atoms with Crippen LogP contribution in [0.25, 0.3) is 0 Å². The highest BCUT2D eigenvalue weighted by Crippen LogP contribution is 2.73. The van der Waals surface area contributed by atoms with E-state index in [4.69, 9.17) is 0 Å². The summed E-state index contributed by atoms with van der Waals surface area (Å²) in [5, 5.41) is 0. The highest BCUT2D eigenvalue weighted by molar-refractivity contribution is 5.17. The molecule has 4 rings (SSSR count). The number of halogens is 1. The van der Waals surface area contributed by atoms with Crippen molar-refractivity contribution >= 4 is 0 Å². The van der Waals surface area contributed by atoms with Crippen molar-refractivity contribution in [2.24, 2.45) is 28.1 Å². The van der Waals surface area contributed by atoms with Crippen molar-refractivity contribution in [1.29, 1.82) is 0 Å². The molecule has 4 aliphatic rings. The van der Waals surface area contributed by atoms with Crippen molar-refractivity contribution in [2.75, 3.05) is 0 Å². The molecule has 0 N–H and O–H groups in total. The average Bonchev–Trinajstić information content (AvgIpc) is 2.11. The summed E-state index contributed by atoms with van der Waals surface area (Å²) in [4.78, 5) is 0. The summed E-state index contributed by atoms with van der Waals surface area (Å²) in [6.07, 6.45) is 4.24. The van der Waals surface area contributed by atoms with Crippen LogP contribution >= 0.6 is 0 Å². The zero-order chi connectivity index (χ0) is 11.1. The van der Waals surface area contributed by atoms with Crippen molar-refractivity contribution in [3.05, 3.63) is 0 Å². The lowest BCUT2D eigenvalue weighted by Gasteiger charge is -2.71. The molecular formula is C14H23F. The van der Waals surface area contributed by atoms with Crippen LogP contribution in [0.5, 0.6) is 0 Å². The molecule has 4 aliphatic carbocycles. The van der Waals surface area contributed by atoms with Gasteiger partial charge in [0.15, 0.2) is 0 Å². The molecule has 0 aromatic heterocycles. The monoisotopic (exact) mass is 210 g/mol.